The molecule has 1 fully saturated rings. The van der Waals surface area contributed by atoms with Crippen LogP contribution in [-0.2, 0) is 11.3 Å². The van der Waals surface area contributed by atoms with Crippen molar-refractivity contribution in [3.05, 3.63) is 28.2 Å². The molecule has 110 valence electrons. The topological polar surface area (TPSA) is 68.9 Å². The SMILES string of the molecule is COc1ccc(Br)c(CN=C(N)NCC2CCCO2)c1. The Morgan fingerprint density at radius 3 is 3.15 bits per heavy atom. The molecule has 0 amide bonds. The third-order valence-electron chi connectivity index (χ3n) is 3.21. The van der Waals surface area contributed by atoms with Gasteiger partial charge in [-0.15, -0.1) is 0 Å². The average Bonchev–Trinajstić information content (AvgIpc) is 2.97. The van der Waals surface area contributed by atoms with Gasteiger partial charge in [0.25, 0.3) is 0 Å². The van der Waals surface area contributed by atoms with Crippen LogP contribution in [-0.4, -0.2) is 32.3 Å². The van der Waals surface area contributed by atoms with Gasteiger partial charge >= 0.3 is 0 Å². The molecule has 0 saturated carbocycles. The van der Waals surface area contributed by atoms with Crippen LogP contribution in [0.3, 0.4) is 0 Å². The Bertz CT molecular complexity index is 473. The molecule has 1 atom stereocenters. The monoisotopic (exact) mass is 341 g/mol. The fraction of sp³-hybridized carbons (Fsp3) is 0.500. The lowest BCUT2D eigenvalue weighted by Gasteiger charge is -2.11. The van der Waals surface area contributed by atoms with E-state index in [0.29, 0.717) is 19.0 Å². The summed E-state index contributed by atoms with van der Waals surface area (Å²) in [6, 6.07) is 5.79. The van der Waals surface area contributed by atoms with Gasteiger partial charge in [-0.1, -0.05) is 15.9 Å². The normalized spacial score (nSPS) is 19.1. The number of methoxy groups -OCH3 is 1. The predicted molar refractivity (Wildman–Crippen MR) is 83.0 cm³/mol. The van der Waals surface area contributed by atoms with Gasteiger partial charge in [-0.25, -0.2) is 4.99 Å². The van der Waals surface area contributed by atoms with Crippen molar-refractivity contribution in [2.24, 2.45) is 10.7 Å². The van der Waals surface area contributed by atoms with Crippen molar-refractivity contribution in [3.8, 4) is 5.75 Å². The molecule has 20 heavy (non-hydrogen) atoms. The van der Waals surface area contributed by atoms with Crippen LogP contribution in [0.5, 0.6) is 5.75 Å². The van der Waals surface area contributed by atoms with Crippen molar-refractivity contribution in [2.45, 2.75) is 25.5 Å². The summed E-state index contributed by atoms with van der Waals surface area (Å²) in [6.07, 6.45) is 2.47. The summed E-state index contributed by atoms with van der Waals surface area (Å²) in [6.45, 7) is 2.07. The second kappa shape index (κ2) is 7.50. The summed E-state index contributed by atoms with van der Waals surface area (Å²) in [4.78, 5) is 4.33. The van der Waals surface area contributed by atoms with Crippen LogP contribution in [0.4, 0.5) is 0 Å². The molecular weight excluding hydrogens is 322 g/mol. The first-order valence-electron chi connectivity index (χ1n) is 6.67. The molecule has 6 heteroatoms. The second-order valence-corrected chi connectivity index (χ2v) is 5.53. The number of hydrogen-bond donors (Lipinski definition) is 2. The molecule has 2 rings (SSSR count). The van der Waals surface area contributed by atoms with Crippen molar-refractivity contribution in [1.29, 1.82) is 0 Å². The van der Waals surface area contributed by atoms with E-state index in [0.717, 1.165) is 35.2 Å². The van der Waals surface area contributed by atoms with Gasteiger partial charge in [-0.3, -0.25) is 0 Å². The summed E-state index contributed by atoms with van der Waals surface area (Å²) in [7, 11) is 1.65. The molecule has 0 bridgehead atoms. The maximum absolute atomic E-state index is 5.86. The Morgan fingerprint density at radius 2 is 2.45 bits per heavy atom. The molecule has 1 aliphatic heterocycles. The van der Waals surface area contributed by atoms with Crippen LogP contribution in [0.2, 0.25) is 0 Å². The lowest BCUT2D eigenvalue weighted by Crippen LogP contribution is -2.37. The summed E-state index contributed by atoms with van der Waals surface area (Å²) in [5.41, 5.74) is 6.89. The number of nitrogens with one attached hydrogen (secondary N) is 1. The molecule has 1 aromatic rings. The van der Waals surface area contributed by atoms with Crippen LogP contribution < -0.4 is 15.8 Å². The van der Waals surface area contributed by atoms with Gasteiger partial charge in [0.2, 0.25) is 0 Å². The zero-order chi connectivity index (χ0) is 14.4. The zero-order valence-corrected chi connectivity index (χ0v) is 13.1. The van der Waals surface area contributed by atoms with Crippen molar-refractivity contribution in [3.63, 3.8) is 0 Å². The van der Waals surface area contributed by atoms with Gasteiger partial charge in [-0.05, 0) is 36.6 Å². The van der Waals surface area contributed by atoms with E-state index in [-0.39, 0.29) is 6.10 Å². The summed E-state index contributed by atoms with van der Waals surface area (Å²) >= 11 is 3.50. The predicted octanol–water partition coefficient (Wildman–Crippen LogP) is 2.04. The molecule has 0 radical (unpaired) electrons. The number of nitrogens with two attached hydrogens (primary N) is 1. The number of ether oxygens (including phenoxy) is 2. The lowest BCUT2D eigenvalue weighted by atomic mass is 10.2. The Balaban J connectivity index is 1.87. The van der Waals surface area contributed by atoms with Crippen LogP contribution in [0.25, 0.3) is 0 Å². The van der Waals surface area contributed by atoms with Gasteiger partial charge in [0.05, 0.1) is 19.8 Å². The van der Waals surface area contributed by atoms with E-state index in [2.05, 4.69) is 26.2 Å². The van der Waals surface area contributed by atoms with Crippen molar-refractivity contribution < 1.29 is 9.47 Å². The molecule has 0 aliphatic carbocycles. The first kappa shape index (κ1) is 15.1. The second-order valence-electron chi connectivity index (χ2n) is 4.67. The Kier molecular flexibility index (Phi) is 5.67. The number of guanidine groups is 1. The minimum atomic E-state index is 0.257. The highest BCUT2D eigenvalue weighted by Gasteiger charge is 2.14. The molecule has 1 saturated heterocycles. The van der Waals surface area contributed by atoms with Gasteiger partial charge in [0.15, 0.2) is 5.96 Å². The van der Waals surface area contributed by atoms with Crippen molar-refractivity contribution >= 4 is 21.9 Å². The molecule has 0 spiro atoms. The molecule has 5 nitrogen and oxygen atoms in total. The Hall–Kier alpha value is -1.27. The van der Waals surface area contributed by atoms with E-state index in [1.54, 1.807) is 7.11 Å². The van der Waals surface area contributed by atoms with E-state index >= 15 is 0 Å². The highest BCUT2D eigenvalue weighted by atomic mass is 79.9. The minimum Gasteiger partial charge on any atom is -0.497 e. The number of benzene rings is 1. The average molecular weight is 342 g/mol. The maximum Gasteiger partial charge on any atom is 0.189 e. The van der Waals surface area contributed by atoms with E-state index in [1.807, 2.05) is 18.2 Å². The van der Waals surface area contributed by atoms with Crippen molar-refractivity contribution in [1.82, 2.24) is 5.32 Å². The maximum atomic E-state index is 5.86. The number of nitrogens with zero attached hydrogens (tertiary/aromatic N) is 1. The van der Waals surface area contributed by atoms with Crippen LogP contribution in [0.15, 0.2) is 27.7 Å². The smallest absolute Gasteiger partial charge is 0.189 e. The number of hydrogen-bond acceptors (Lipinski definition) is 3. The molecule has 0 aromatic heterocycles. The standard InChI is InChI=1S/C14H20BrN3O2/c1-19-11-4-5-13(15)10(7-11)8-17-14(16)18-9-12-3-2-6-20-12/h4-5,7,12H,2-3,6,8-9H2,1H3,(H3,16,17,18). The first-order valence-corrected chi connectivity index (χ1v) is 7.46. The van der Waals surface area contributed by atoms with Gasteiger partial charge in [0.1, 0.15) is 5.75 Å². The van der Waals surface area contributed by atoms with Crippen molar-refractivity contribution in [2.75, 3.05) is 20.3 Å². The minimum absolute atomic E-state index is 0.257. The summed E-state index contributed by atoms with van der Waals surface area (Å²) in [5.74, 6) is 1.25. The number of rotatable bonds is 5. The summed E-state index contributed by atoms with van der Waals surface area (Å²) in [5, 5.41) is 3.10. The Morgan fingerprint density at radius 1 is 1.60 bits per heavy atom. The van der Waals surface area contributed by atoms with Crippen LogP contribution >= 0.6 is 15.9 Å². The third kappa shape index (κ3) is 4.38. The van der Waals surface area contributed by atoms with Gasteiger partial charge in [-0.2, -0.15) is 0 Å². The zero-order valence-electron chi connectivity index (χ0n) is 11.6. The Labute approximate surface area is 127 Å². The summed E-state index contributed by atoms with van der Waals surface area (Å²) < 4.78 is 11.7. The largest absolute Gasteiger partial charge is 0.497 e. The van der Waals surface area contributed by atoms with E-state index in [1.165, 1.54) is 0 Å². The fourth-order valence-corrected chi connectivity index (χ4v) is 2.42. The number of halogens is 1. The highest BCUT2D eigenvalue weighted by molar-refractivity contribution is 9.10. The highest BCUT2D eigenvalue weighted by Crippen LogP contribution is 2.23. The van der Waals surface area contributed by atoms with Crippen LogP contribution in [0.1, 0.15) is 18.4 Å². The van der Waals surface area contributed by atoms with Gasteiger partial charge < -0.3 is 20.5 Å². The molecule has 3 N–H and O–H groups in total. The fourth-order valence-electron chi connectivity index (χ4n) is 2.05. The molecule has 1 heterocycles. The molecular formula is C14H20BrN3O2. The van der Waals surface area contributed by atoms with E-state index in [4.69, 9.17) is 15.2 Å². The van der Waals surface area contributed by atoms with Crippen LogP contribution in [0, 0.1) is 0 Å². The molecule has 1 aliphatic rings. The molecule has 1 unspecified atom stereocenters. The lowest BCUT2D eigenvalue weighted by molar-refractivity contribution is 0.114. The van der Waals surface area contributed by atoms with E-state index in [9.17, 15) is 0 Å². The number of aliphatic imine (C=N–C) groups is 1. The quantitative estimate of drug-likeness (QED) is 0.635. The van der Waals surface area contributed by atoms with E-state index < -0.39 is 0 Å². The third-order valence-corrected chi connectivity index (χ3v) is 3.98. The first-order chi connectivity index (χ1) is 9.69. The molecule has 1 aromatic carbocycles. The van der Waals surface area contributed by atoms with Gasteiger partial charge in [0, 0.05) is 17.6 Å².